The van der Waals surface area contributed by atoms with Crippen LogP contribution in [0.2, 0.25) is 0 Å². The number of nitrogens with zero attached hydrogens (tertiary/aromatic N) is 2. The summed E-state index contributed by atoms with van der Waals surface area (Å²) in [7, 11) is 1.44. The molecule has 2 heterocycles. The van der Waals surface area contributed by atoms with Gasteiger partial charge in [-0.3, -0.25) is 0 Å². The molecule has 27 heavy (non-hydrogen) atoms. The minimum absolute atomic E-state index is 0.152. The molecule has 1 fully saturated rings. The van der Waals surface area contributed by atoms with E-state index in [1.165, 1.54) is 20.0 Å². The first-order valence-corrected chi connectivity index (χ1v) is 9.26. The SMILES string of the molecule is COc1cccc(Oc2ccc(N3C=CN([C@@H]4CCCNC4)C3)cc2)c1F. The van der Waals surface area contributed by atoms with Gasteiger partial charge in [-0.2, -0.15) is 4.39 Å². The van der Waals surface area contributed by atoms with Gasteiger partial charge in [0.2, 0.25) is 5.82 Å². The Balaban J connectivity index is 1.40. The number of halogens is 1. The lowest BCUT2D eigenvalue weighted by atomic mass is 10.1. The van der Waals surface area contributed by atoms with E-state index in [4.69, 9.17) is 9.47 Å². The van der Waals surface area contributed by atoms with Gasteiger partial charge in [0, 0.05) is 30.7 Å². The van der Waals surface area contributed by atoms with Crippen molar-refractivity contribution in [2.75, 3.05) is 31.8 Å². The van der Waals surface area contributed by atoms with Crippen molar-refractivity contribution in [3.8, 4) is 17.2 Å². The van der Waals surface area contributed by atoms with Crippen LogP contribution < -0.4 is 19.7 Å². The van der Waals surface area contributed by atoms with Crippen molar-refractivity contribution >= 4 is 5.69 Å². The molecule has 0 saturated carbocycles. The molecule has 6 heteroatoms. The van der Waals surface area contributed by atoms with Crippen LogP contribution in [-0.2, 0) is 0 Å². The van der Waals surface area contributed by atoms with E-state index in [0.29, 0.717) is 11.8 Å². The van der Waals surface area contributed by atoms with Gasteiger partial charge in [-0.25, -0.2) is 0 Å². The van der Waals surface area contributed by atoms with E-state index in [-0.39, 0.29) is 11.5 Å². The normalized spacial score (nSPS) is 19.4. The van der Waals surface area contributed by atoms with Gasteiger partial charge in [0.15, 0.2) is 11.5 Å². The molecule has 1 N–H and O–H groups in total. The third kappa shape index (κ3) is 3.85. The number of piperidine rings is 1. The van der Waals surface area contributed by atoms with Gasteiger partial charge in [-0.1, -0.05) is 6.07 Å². The summed E-state index contributed by atoms with van der Waals surface area (Å²) in [6.07, 6.45) is 6.71. The lowest BCUT2D eigenvalue weighted by molar-refractivity contribution is 0.245. The molecule has 0 amide bonds. The Hall–Kier alpha value is -2.73. The van der Waals surface area contributed by atoms with Crippen LogP contribution in [-0.4, -0.2) is 37.8 Å². The standard InChI is InChI=1S/C21H24FN3O2/c1-26-19-5-2-6-20(21(19)22)27-18-9-7-16(8-10-18)24-12-13-25(15-24)17-4-3-11-23-14-17/h2,5-10,12-13,17,23H,3-4,11,14-15H2,1H3/t17-/m1/s1. The third-order valence-corrected chi connectivity index (χ3v) is 5.04. The first-order chi connectivity index (χ1) is 13.2. The number of methoxy groups -OCH3 is 1. The second-order valence-corrected chi connectivity index (χ2v) is 6.79. The van der Waals surface area contributed by atoms with Gasteiger partial charge in [0.1, 0.15) is 5.75 Å². The molecule has 2 aliphatic rings. The summed E-state index contributed by atoms with van der Waals surface area (Å²) in [5.74, 6) is 0.411. The molecule has 0 spiro atoms. The molecule has 2 aromatic carbocycles. The van der Waals surface area contributed by atoms with Crippen LogP contribution in [0.4, 0.5) is 10.1 Å². The summed E-state index contributed by atoms with van der Waals surface area (Å²) in [6.45, 7) is 3.00. The van der Waals surface area contributed by atoms with Crippen molar-refractivity contribution in [1.82, 2.24) is 10.2 Å². The number of anilines is 1. The van der Waals surface area contributed by atoms with Gasteiger partial charge in [-0.05, 0) is 55.8 Å². The van der Waals surface area contributed by atoms with Crippen molar-refractivity contribution in [3.63, 3.8) is 0 Å². The Bertz CT molecular complexity index is 804. The second-order valence-electron chi connectivity index (χ2n) is 6.79. The maximum absolute atomic E-state index is 14.2. The zero-order chi connectivity index (χ0) is 18.6. The molecule has 1 atom stereocenters. The van der Waals surface area contributed by atoms with E-state index in [1.54, 1.807) is 18.2 Å². The van der Waals surface area contributed by atoms with E-state index in [0.717, 1.165) is 25.4 Å². The topological polar surface area (TPSA) is 37.0 Å². The second kappa shape index (κ2) is 7.88. The summed E-state index contributed by atoms with van der Waals surface area (Å²) in [4.78, 5) is 4.58. The lowest BCUT2D eigenvalue weighted by Crippen LogP contribution is -2.44. The third-order valence-electron chi connectivity index (χ3n) is 5.04. The lowest BCUT2D eigenvalue weighted by Gasteiger charge is -2.32. The molecule has 5 nitrogen and oxygen atoms in total. The smallest absolute Gasteiger partial charge is 0.207 e. The zero-order valence-corrected chi connectivity index (χ0v) is 15.4. The van der Waals surface area contributed by atoms with E-state index in [2.05, 4.69) is 27.5 Å². The summed E-state index contributed by atoms with van der Waals surface area (Å²) >= 11 is 0. The van der Waals surface area contributed by atoms with Gasteiger partial charge in [-0.15, -0.1) is 0 Å². The van der Waals surface area contributed by atoms with Crippen LogP contribution in [0.3, 0.4) is 0 Å². The van der Waals surface area contributed by atoms with Crippen LogP contribution in [0.1, 0.15) is 12.8 Å². The number of benzene rings is 2. The molecule has 0 bridgehead atoms. The predicted octanol–water partition coefficient (Wildman–Crippen LogP) is 3.93. The molecule has 2 aliphatic heterocycles. The van der Waals surface area contributed by atoms with E-state index >= 15 is 0 Å². The molecular formula is C21H24FN3O2. The Labute approximate surface area is 159 Å². The Kier molecular flexibility index (Phi) is 5.16. The van der Waals surface area contributed by atoms with Crippen molar-refractivity contribution < 1.29 is 13.9 Å². The highest BCUT2D eigenvalue weighted by Gasteiger charge is 2.23. The van der Waals surface area contributed by atoms with Crippen molar-refractivity contribution in [2.24, 2.45) is 0 Å². The largest absolute Gasteiger partial charge is 0.494 e. The Morgan fingerprint density at radius 3 is 2.63 bits per heavy atom. The highest BCUT2D eigenvalue weighted by atomic mass is 19.1. The molecule has 0 aromatic heterocycles. The predicted molar refractivity (Wildman–Crippen MR) is 104 cm³/mol. The van der Waals surface area contributed by atoms with E-state index in [9.17, 15) is 4.39 Å². The Morgan fingerprint density at radius 1 is 1.07 bits per heavy atom. The van der Waals surface area contributed by atoms with Crippen LogP contribution >= 0.6 is 0 Å². The highest BCUT2D eigenvalue weighted by Crippen LogP contribution is 2.31. The first-order valence-electron chi connectivity index (χ1n) is 9.26. The number of ether oxygens (including phenoxy) is 2. The fraction of sp³-hybridized carbons (Fsp3) is 0.333. The van der Waals surface area contributed by atoms with Gasteiger partial charge in [0.05, 0.1) is 13.8 Å². The minimum atomic E-state index is -0.497. The maximum atomic E-state index is 14.2. The van der Waals surface area contributed by atoms with Crippen LogP contribution in [0.15, 0.2) is 54.9 Å². The molecule has 142 valence electrons. The molecule has 1 saturated heterocycles. The van der Waals surface area contributed by atoms with E-state index in [1.807, 2.05) is 24.3 Å². The van der Waals surface area contributed by atoms with Crippen molar-refractivity contribution in [2.45, 2.75) is 18.9 Å². The summed E-state index contributed by atoms with van der Waals surface area (Å²) < 4.78 is 24.9. The van der Waals surface area contributed by atoms with E-state index < -0.39 is 5.82 Å². The summed E-state index contributed by atoms with van der Waals surface area (Å²) in [5, 5.41) is 3.46. The fourth-order valence-electron chi connectivity index (χ4n) is 3.52. The number of rotatable bonds is 5. The number of hydrogen-bond acceptors (Lipinski definition) is 5. The average Bonchev–Trinajstić information content (AvgIpc) is 3.21. The highest BCUT2D eigenvalue weighted by molar-refractivity contribution is 5.53. The molecule has 0 unspecified atom stereocenters. The molecule has 4 rings (SSSR count). The summed E-state index contributed by atoms with van der Waals surface area (Å²) in [5.41, 5.74) is 1.08. The summed E-state index contributed by atoms with van der Waals surface area (Å²) in [6, 6.07) is 13.1. The van der Waals surface area contributed by atoms with Crippen LogP contribution in [0.25, 0.3) is 0 Å². The number of nitrogens with one attached hydrogen (secondary N) is 1. The molecule has 0 aliphatic carbocycles. The van der Waals surface area contributed by atoms with Gasteiger partial charge in [0.25, 0.3) is 0 Å². The average molecular weight is 369 g/mol. The number of hydrogen-bond donors (Lipinski definition) is 1. The molecule has 0 radical (unpaired) electrons. The van der Waals surface area contributed by atoms with Crippen molar-refractivity contribution in [3.05, 3.63) is 60.7 Å². The van der Waals surface area contributed by atoms with Gasteiger partial charge >= 0.3 is 0 Å². The van der Waals surface area contributed by atoms with Crippen LogP contribution in [0, 0.1) is 5.82 Å². The monoisotopic (exact) mass is 369 g/mol. The minimum Gasteiger partial charge on any atom is -0.494 e. The zero-order valence-electron chi connectivity index (χ0n) is 15.4. The van der Waals surface area contributed by atoms with Crippen LogP contribution in [0.5, 0.6) is 17.2 Å². The Morgan fingerprint density at radius 2 is 1.89 bits per heavy atom. The quantitative estimate of drug-likeness (QED) is 0.864. The molecular weight excluding hydrogens is 345 g/mol. The maximum Gasteiger partial charge on any atom is 0.207 e. The molecule has 2 aromatic rings. The first kappa shape index (κ1) is 17.7. The fourth-order valence-corrected chi connectivity index (χ4v) is 3.52. The van der Waals surface area contributed by atoms with Crippen molar-refractivity contribution in [1.29, 1.82) is 0 Å². The van der Waals surface area contributed by atoms with Gasteiger partial charge < -0.3 is 24.6 Å².